The molecule has 0 heterocycles. The molecule has 1 aliphatic carbocycles. The molecule has 1 saturated carbocycles. The smallest absolute Gasteiger partial charge is 0.0586 e. The van der Waals surface area contributed by atoms with Gasteiger partial charge in [-0.1, -0.05) is 27.7 Å². The van der Waals surface area contributed by atoms with Crippen molar-refractivity contribution in [1.29, 1.82) is 0 Å². The number of ether oxygens (including phenoxy) is 1. The number of nitrogens with zero attached hydrogens (tertiary/aromatic N) is 1. The van der Waals surface area contributed by atoms with Crippen LogP contribution in [0.25, 0.3) is 0 Å². The summed E-state index contributed by atoms with van der Waals surface area (Å²) in [5.41, 5.74) is 0.396. The van der Waals surface area contributed by atoms with Gasteiger partial charge in [0.15, 0.2) is 0 Å². The van der Waals surface area contributed by atoms with Crippen LogP contribution in [0.15, 0.2) is 0 Å². The number of likely N-dealkylation sites (N-methyl/N-ethyl adjacent to an activating group) is 1. The number of aliphatic hydroxyl groups excluding tert-OH is 1. The van der Waals surface area contributed by atoms with E-state index in [-0.39, 0.29) is 6.61 Å². The summed E-state index contributed by atoms with van der Waals surface area (Å²) in [5, 5.41) is 9.30. The lowest BCUT2D eigenvalue weighted by atomic mass is 10.1. The Labute approximate surface area is 107 Å². The highest BCUT2D eigenvalue weighted by Crippen LogP contribution is 2.46. The van der Waals surface area contributed by atoms with Crippen molar-refractivity contribution in [2.24, 2.45) is 5.41 Å². The first-order valence-corrected chi connectivity index (χ1v) is 7.05. The fraction of sp³-hybridized carbons (Fsp3) is 1.00. The van der Waals surface area contributed by atoms with Crippen LogP contribution in [0, 0.1) is 5.41 Å². The van der Waals surface area contributed by atoms with Gasteiger partial charge in [0.1, 0.15) is 0 Å². The second-order valence-electron chi connectivity index (χ2n) is 4.74. The molecule has 0 aromatic heterocycles. The predicted molar refractivity (Wildman–Crippen MR) is 73.3 cm³/mol. The van der Waals surface area contributed by atoms with Crippen LogP contribution < -0.4 is 0 Å². The monoisotopic (exact) mass is 245 g/mol. The van der Waals surface area contributed by atoms with Crippen LogP contribution in [0.4, 0.5) is 0 Å². The number of aliphatic hydroxyl groups is 1. The van der Waals surface area contributed by atoms with Gasteiger partial charge < -0.3 is 9.84 Å². The van der Waals surface area contributed by atoms with Crippen molar-refractivity contribution in [3.05, 3.63) is 0 Å². The molecule has 17 heavy (non-hydrogen) atoms. The van der Waals surface area contributed by atoms with Crippen LogP contribution in [0.5, 0.6) is 0 Å². The summed E-state index contributed by atoms with van der Waals surface area (Å²) in [4.78, 5) is 2.39. The molecule has 1 unspecified atom stereocenters. The molecule has 3 nitrogen and oxygen atoms in total. The molecule has 0 spiro atoms. The van der Waals surface area contributed by atoms with Crippen molar-refractivity contribution >= 4 is 0 Å². The van der Waals surface area contributed by atoms with Crippen LogP contribution >= 0.6 is 0 Å². The molecule has 0 saturated heterocycles. The molecular weight excluding hydrogens is 214 g/mol. The Balaban J connectivity index is 0.00000121. The maximum absolute atomic E-state index is 9.30. The molecule has 0 bridgehead atoms. The van der Waals surface area contributed by atoms with Gasteiger partial charge in [-0.3, -0.25) is 4.90 Å². The maximum atomic E-state index is 9.30. The number of methoxy groups -OCH3 is 1. The lowest BCUT2D eigenvalue weighted by Gasteiger charge is -2.32. The molecule has 0 radical (unpaired) electrons. The zero-order chi connectivity index (χ0) is 13.3. The number of hydrogen-bond donors (Lipinski definition) is 1. The second kappa shape index (κ2) is 8.90. The SMILES string of the molecule is CC.CCC(CO)N(CC)CC1(COC)CC1. The molecule has 1 rings (SSSR count). The Morgan fingerprint density at radius 3 is 2.18 bits per heavy atom. The topological polar surface area (TPSA) is 32.7 Å². The summed E-state index contributed by atoms with van der Waals surface area (Å²) in [6.45, 7) is 11.5. The molecule has 0 amide bonds. The summed E-state index contributed by atoms with van der Waals surface area (Å²) in [6, 6.07) is 0.323. The van der Waals surface area contributed by atoms with Gasteiger partial charge in [0.2, 0.25) is 0 Å². The first-order valence-electron chi connectivity index (χ1n) is 7.05. The van der Waals surface area contributed by atoms with Gasteiger partial charge in [-0.2, -0.15) is 0 Å². The number of hydrogen-bond acceptors (Lipinski definition) is 3. The normalized spacial score (nSPS) is 18.5. The molecular formula is C14H31NO2. The van der Waals surface area contributed by atoms with Crippen molar-refractivity contribution < 1.29 is 9.84 Å². The van der Waals surface area contributed by atoms with E-state index in [2.05, 4.69) is 18.7 Å². The van der Waals surface area contributed by atoms with Gasteiger partial charge in [-0.15, -0.1) is 0 Å². The van der Waals surface area contributed by atoms with Crippen LogP contribution in [0.1, 0.15) is 47.0 Å². The van der Waals surface area contributed by atoms with Crippen LogP contribution in [0.3, 0.4) is 0 Å². The van der Waals surface area contributed by atoms with E-state index in [0.717, 1.165) is 26.1 Å². The minimum atomic E-state index is 0.271. The highest BCUT2D eigenvalue weighted by Gasteiger charge is 2.44. The Bertz CT molecular complexity index is 177. The van der Waals surface area contributed by atoms with E-state index in [0.29, 0.717) is 11.5 Å². The molecule has 1 atom stereocenters. The Morgan fingerprint density at radius 2 is 1.88 bits per heavy atom. The zero-order valence-corrected chi connectivity index (χ0v) is 12.3. The maximum Gasteiger partial charge on any atom is 0.0586 e. The van der Waals surface area contributed by atoms with Gasteiger partial charge in [-0.05, 0) is 25.8 Å². The van der Waals surface area contributed by atoms with Gasteiger partial charge in [-0.25, -0.2) is 0 Å². The van der Waals surface area contributed by atoms with Crippen molar-refractivity contribution in [3.63, 3.8) is 0 Å². The molecule has 1 fully saturated rings. The lowest BCUT2D eigenvalue weighted by molar-refractivity contribution is 0.0688. The fourth-order valence-corrected chi connectivity index (χ4v) is 2.26. The van der Waals surface area contributed by atoms with Crippen molar-refractivity contribution in [2.75, 3.05) is 33.4 Å². The molecule has 0 aliphatic heterocycles. The summed E-state index contributed by atoms with van der Waals surface area (Å²) < 4.78 is 5.27. The van der Waals surface area contributed by atoms with E-state index < -0.39 is 0 Å². The van der Waals surface area contributed by atoms with Crippen molar-refractivity contribution in [2.45, 2.75) is 53.0 Å². The van der Waals surface area contributed by atoms with E-state index in [1.54, 1.807) is 7.11 Å². The highest BCUT2D eigenvalue weighted by atomic mass is 16.5. The first-order chi connectivity index (χ1) is 8.21. The van der Waals surface area contributed by atoms with E-state index in [4.69, 9.17) is 4.74 Å². The summed E-state index contributed by atoms with van der Waals surface area (Å²) in [7, 11) is 1.78. The highest BCUT2D eigenvalue weighted by molar-refractivity contribution is 4.96. The van der Waals surface area contributed by atoms with Gasteiger partial charge in [0, 0.05) is 25.1 Å². The molecule has 104 valence electrons. The molecule has 3 heteroatoms. The molecule has 0 aromatic carbocycles. The van der Waals surface area contributed by atoms with E-state index in [9.17, 15) is 5.11 Å². The van der Waals surface area contributed by atoms with E-state index in [1.807, 2.05) is 13.8 Å². The Kier molecular flexibility index (Phi) is 8.83. The average Bonchev–Trinajstić information content (AvgIpc) is 3.12. The Morgan fingerprint density at radius 1 is 1.29 bits per heavy atom. The predicted octanol–water partition coefficient (Wildman–Crippen LogP) is 2.53. The van der Waals surface area contributed by atoms with Gasteiger partial charge in [0.25, 0.3) is 0 Å². The van der Waals surface area contributed by atoms with Crippen LogP contribution in [-0.4, -0.2) is 49.5 Å². The van der Waals surface area contributed by atoms with Crippen LogP contribution in [0.2, 0.25) is 0 Å². The number of rotatable bonds is 8. The zero-order valence-electron chi connectivity index (χ0n) is 12.3. The van der Waals surface area contributed by atoms with Crippen LogP contribution in [-0.2, 0) is 4.74 Å². The molecule has 0 aromatic rings. The quantitative estimate of drug-likeness (QED) is 0.713. The van der Waals surface area contributed by atoms with E-state index in [1.165, 1.54) is 12.8 Å². The Hall–Kier alpha value is -0.120. The average molecular weight is 245 g/mol. The summed E-state index contributed by atoms with van der Waals surface area (Å²) >= 11 is 0. The minimum Gasteiger partial charge on any atom is -0.395 e. The molecule has 1 N–H and O–H groups in total. The lowest BCUT2D eigenvalue weighted by Crippen LogP contribution is -2.42. The summed E-state index contributed by atoms with van der Waals surface area (Å²) in [5.74, 6) is 0. The van der Waals surface area contributed by atoms with Crippen molar-refractivity contribution in [3.8, 4) is 0 Å². The van der Waals surface area contributed by atoms with Gasteiger partial charge >= 0.3 is 0 Å². The van der Waals surface area contributed by atoms with Gasteiger partial charge in [0.05, 0.1) is 13.2 Å². The minimum absolute atomic E-state index is 0.271. The largest absolute Gasteiger partial charge is 0.395 e. The molecule has 1 aliphatic rings. The standard InChI is InChI=1S/C12H25NO2.C2H6/c1-4-11(8-14)13(5-2)9-12(6-7-12)10-15-3;1-2/h11,14H,4-10H2,1-3H3;1-2H3. The third kappa shape index (κ3) is 5.36. The summed E-state index contributed by atoms with van der Waals surface area (Å²) in [6.07, 6.45) is 3.58. The van der Waals surface area contributed by atoms with E-state index >= 15 is 0 Å². The fourth-order valence-electron chi connectivity index (χ4n) is 2.26. The third-order valence-electron chi connectivity index (χ3n) is 3.55. The third-order valence-corrected chi connectivity index (χ3v) is 3.55. The second-order valence-corrected chi connectivity index (χ2v) is 4.74. The first kappa shape index (κ1) is 16.9. The van der Waals surface area contributed by atoms with Crippen molar-refractivity contribution in [1.82, 2.24) is 4.90 Å².